The number of aliphatic hydroxyl groups excluding tert-OH is 3. The van der Waals surface area contributed by atoms with Crippen molar-refractivity contribution in [1.82, 2.24) is 0 Å². The van der Waals surface area contributed by atoms with Gasteiger partial charge in [0.1, 0.15) is 6.10 Å². The van der Waals surface area contributed by atoms with Gasteiger partial charge in [0.15, 0.2) is 0 Å². The van der Waals surface area contributed by atoms with Gasteiger partial charge in [-0.1, -0.05) is 57.6 Å². The second-order valence-corrected chi connectivity index (χ2v) is 6.98. The lowest BCUT2D eigenvalue weighted by molar-refractivity contribution is -0.153. The number of unbranched alkanes of at least 4 members (excludes halogenated alkanes) is 7. The number of rotatable bonds is 18. The number of aliphatic hydroxyl groups is 3. The summed E-state index contributed by atoms with van der Waals surface area (Å²) < 4.78 is 4.90. The Morgan fingerprint density at radius 3 is 2.23 bits per heavy atom. The van der Waals surface area contributed by atoms with Crippen LogP contribution >= 0.6 is 0 Å². The van der Waals surface area contributed by atoms with Crippen molar-refractivity contribution < 1.29 is 24.9 Å². The van der Waals surface area contributed by atoms with E-state index in [0.29, 0.717) is 6.42 Å². The Bertz CT molecular complexity index is 339. The molecular weight excluding hydrogens is 332 g/mol. The summed E-state index contributed by atoms with van der Waals surface area (Å²) in [5, 5.41) is 27.6. The van der Waals surface area contributed by atoms with Gasteiger partial charge in [-0.15, -0.1) is 0 Å². The van der Waals surface area contributed by atoms with Gasteiger partial charge in [-0.2, -0.15) is 0 Å². The average molecular weight is 373 g/mol. The minimum absolute atomic E-state index is 0.209. The SMILES string of the molecule is CCCCC/C=C\CC[C@H](O)CCCCCCCC(=O)OC(CO)CO. The third kappa shape index (κ3) is 16.6. The van der Waals surface area contributed by atoms with Gasteiger partial charge in [0.05, 0.1) is 19.3 Å². The van der Waals surface area contributed by atoms with Crippen molar-refractivity contribution in [3.63, 3.8) is 0 Å². The molecule has 0 aromatic carbocycles. The first-order chi connectivity index (χ1) is 12.6. The summed E-state index contributed by atoms with van der Waals surface area (Å²) in [6.45, 7) is 1.51. The minimum Gasteiger partial charge on any atom is -0.457 e. The molecule has 0 unspecified atom stereocenters. The first-order valence-corrected chi connectivity index (χ1v) is 10.4. The number of hydrogen-bond acceptors (Lipinski definition) is 5. The van der Waals surface area contributed by atoms with Gasteiger partial charge in [0.25, 0.3) is 0 Å². The number of allylic oxidation sites excluding steroid dienone is 2. The Morgan fingerprint density at radius 1 is 0.885 bits per heavy atom. The zero-order valence-electron chi connectivity index (χ0n) is 16.6. The zero-order chi connectivity index (χ0) is 19.5. The molecule has 0 fully saturated rings. The average Bonchev–Trinajstić information content (AvgIpc) is 2.64. The Balaban J connectivity index is 3.42. The fourth-order valence-electron chi connectivity index (χ4n) is 2.74. The first kappa shape index (κ1) is 25.1. The maximum atomic E-state index is 11.5. The van der Waals surface area contributed by atoms with Crippen molar-refractivity contribution in [2.24, 2.45) is 0 Å². The Hall–Kier alpha value is -0.910. The third-order valence-corrected chi connectivity index (χ3v) is 4.43. The fourth-order valence-corrected chi connectivity index (χ4v) is 2.74. The Labute approximate surface area is 159 Å². The lowest BCUT2D eigenvalue weighted by atomic mass is 10.0. The number of carbonyl (C=O) groups is 1. The van der Waals surface area contributed by atoms with Crippen molar-refractivity contribution in [1.29, 1.82) is 0 Å². The molecule has 0 radical (unpaired) electrons. The number of carbonyl (C=O) groups excluding carboxylic acids is 1. The molecule has 1 atom stereocenters. The molecular formula is C21H40O5. The summed E-state index contributed by atoms with van der Waals surface area (Å²) in [5.74, 6) is -0.365. The van der Waals surface area contributed by atoms with E-state index < -0.39 is 6.10 Å². The Kier molecular flexibility index (Phi) is 18.2. The normalized spacial score (nSPS) is 12.8. The van der Waals surface area contributed by atoms with Crippen LogP contribution in [-0.2, 0) is 9.53 Å². The van der Waals surface area contributed by atoms with Crippen LogP contribution in [0.5, 0.6) is 0 Å². The van der Waals surface area contributed by atoms with E-state index in [2.05, 4.69) is 19.1 Å². The quantitative estimate of drug-likeness (QED) is 0.193. The van der Waals surface area contributed by atoms with E-state index in [4.69, 9.17) is 14.9 Å². The van der Waals surface area contributed by atoms with E-state index in [1.54, 1.807) is 0 Å². The lowest BCUT2D eigenvalue weighted by Gasteiger charge is -2.12. The van der Waals surface area contributed by atoms with Gasteiger partial charge >= 0.3 is 5.97 Å². The molecule has 0 bridgehead atoms. The number of ether oxygens (including phenoxy) is 1. The smallest absolute Gasteiger partial charge is 0.306 e. The molecule has 0 aliphatic rings. The number of hydrogen-bond donors (Lipinski definition) is 3. The van der Waals surface area contributed by atoms with Crippen LogP contribution in [0.15, 0.2) is 12.2 Å². The van der Waals surface area contributed by atoms with Gasteiger partial charge in [-0.25, -0.2) is 0 Å². The highest BCUT2D eigenvalue weighted by molar-refractivity contribution is 5.69. The molecule has 0 saturated heterocycles. The number of esters is 1. The van der Waals surface area contributed by atoms with Gasteiger partial charge in [-0.3, -0.25) is 4.79 Å². The molecule has 0 aromatic rings. The van der Waals surface area contributed by atoms with E-state index in [9.17, 15) is 9.90 Å². The van der Waals surface area contributed by atoms with Crippen LogP contribution < -0.4 is 0 Å². The second kappa shape index (κ2) is 18.9. The second-order valence-electron chi connectivity index (χ2n) is 6.98. The van der Waals surface area contributed by atoms with E-state index in [1.807, 2.05) is 0 Å². The van der Waals surface area contributed by atoms with E-state index in [0.717, 1.165) is 57.8 Å². The van der Waals surface area contributed by atoms with Gasteiger partial charge in [0.2, 0.25) is 0 Å². The lowest BCUT2D eigenvalue weighted by Crippen LogP contribution is -2.25. The van der Waals surface area contributed by atoms with Gasteiger partial charge in [-0.05, 0) is 38.5 Å². The molecule has 26 heavy (non-hydrogen) atoms. The van der Waals surface area contributed by atoms with Gasteiger partial charge < -0.3 is 20.1 Å². The summed E-state index contributed by atoms with van der Waals surface area (Å²) in [5.41, 5.74) is 0. The van der Waals surface area contributed by atoms with Crippen LogP contribution in [0.3, 0.4) is 0 Å². The summed E-state index contributed by atoms with van der Waals surface area (Å²) in [6, 6.07) is 0. The monoisotopic (exact) mass is 372 g/mol. The molecule has 0 aliphatic heterocycles. The molecule has 0 rings (SSSR count). The topological polar surface area (TPSA) is 87.0 Å². The summed E-state index contributed by atoms with van der Waals surface area (Å²) in [4.78, 5) is 11.5. The standard InChI is InChI=1S/C21H40O5/c1-2-3-4-5-6-8-11-14-19(24)15-12-9-7-10-13-16-21(25)26-20(17-22)18-23/h6,8,19-20,22-24H,2-5,7,9-18H2,1H3/b8-6-/t19-/m0/s1. The zero-order valence-corrected chi connectivity index (χ0v) is 16.6. The first-order valence-electron chi connectivity index (χ1n) is 10.4. The van der Waals surface area contributed by atoms with Crippen molar-refractivity contribution in [3.8, 4) is 0 Å². The highest BCUT2D eigenvalue weighted by Gasteiger charge is 2.11. The Morgan fingerprint density at radius 2 is 1.54 bits per heavy atom. The predicted octanol–water partition coefficient (Wildman–Crippen LogP) is 3.89. The summed E-state index contributed by atoms with van der Waals surface area (Å²) in [7, 11) is 0. The third-order valence-electron chi connectivity index (χ3n) is 4.43. The highest BCUT2D eigenvalue weighted by atomic mass is 16.6. The van der Waals surface area contributed by atoms with Crippen LogP contribution in [0.4, 0.5) is 0 Å². The largest absolute Gasteiger partial charge is 0.457 e. The molecule has 0 aromatic heterocycles. The molecule has 0 aliphatic carbocycles. The van der Waals surface area contributed by atoms with E-state index >= 15 is 0 Å². The van der Waals surface area contributed by atoms with Crippen LogP contribution in [-0.4, -0.2) is 46.7 Å². The maximum Gasteiger partial charge on any atom is 0.306 e. The molecule has 0 amide bonds. The summed E-state index contributed by atoms with van der Waals surface area (Å²) >= 11 is 0. The highest BCUT2D eigenvalue weighted by Crippen LogP contribution is 2.12. The van der Waals surface area contributed by atoms with Crippen LogP contribution in [0.2, 0.25) is 0 Å². The maximum absolute atomic E-state index is 11.5. The summed E-state index contributed by atoms with van der Waals surface area (Å²) in [6.07, 6.45) is 16.2. The van der Waals surface area contributed by atoms with Crippen molar-refractivity contribution >= 4 is 5.97 Å². The molecule has 0 saturated carbocycles. The molecule has 154 valence electrons. The molecule has 5 nitrogen and oxygen atoms in total. The van der Waals surface area contributed by atoms with Gasteiger partial charge in [0, 0.05) is 6.42 Å². The predicted molar refractivity (Wildman–Crippen MR) is 105 cm³/mol. The van der Waals surface area contributed by atoms with E-state index in [1.165, 1.54) is 19.3 Å². The van der Waals surface area contributed by atoms with Crippen LogP contribution in [0, 0.1) is 0 Å². The molecule has 5 heteroatoms. The van der Waals surface area contributed by atoms with Crippen LogP contribution in [0.1, 0.15) is 90.4 Å². The molecule has 3 N–H and O–H groups in total. The molecule has 0 spiro atoms. The van der Waals surface area contributed by atoms with Crippen molar-refractivity contribution in [3.05, 3.63) is 12.2 Å². The van der Waals surface area contributed by atoms with Crippen molar-refractivity contribution in [2.75, 3.05) is 13.2 Å². The minimum atomic E-state index is -0.796. The van der Waals surface area contributed by atoms with Crippen molar-refractivity contribution in [2.45, 2.75) is 103 Å². The van der Waals surface area contributed by atoms with E-state index in [-0.39, 0.29) is 25.3 Å². The fraction of sp³-hybridized carbons (Fsp3) is 0.857. The van der Waals surface area contributed by atoms with Crippen LogP contribution in [0.25, 0.3) is 0 Å². The molecule has 0 heterocycles.